The molecule has 0 atom stereocenters. The Bertz CT molecular complexity index is 1100. The summed E-state index contributed by atoms with van der Waals surface area (Å²) in [6, 6.07) is 20.4. The van der Waals surface area contributed by atoms with E-state index in [1.54, 1.807) is 24.3 Å². The first-order valence-electron chi connectivity index (χ1n) is 9.02. The van der Waals surface area contributed by atoms with Gasteiger partial charge in [0, 0.05) is 5.56 Å². The zero-order valence-corrected chi connectivity index (χ0v) is 16.4. The second-order valence-electron chi connectivity index (χ2n) is 6.26. The fourth-order valence-corrected chi connectivity index (χ4v) is 3.99. The molecule has 0 bridgehead atoms. The van der Waals surface area contributed by atoms with Crippen molar-refractivity contribution in [2.45, 2.75) is 13.8 Å². The highest BCUT2D eigenvalue weighted by molar-refractivity contribution is 7.18. The van der Waals surface area contributed by atoms with Crippen molar-refractivity contribution in [3.63, 3.8) is 0 Å². The molecule has 1 N–H and O–H groups in total. The largest absolute Gasteiger partial charge is 0.461 e. The predicted molar refractivity (Wildman–Crippen MR) is 111 cm³/mol. The first-order chi connectivity index (χ1) is 13.7. The molecular formula is C22H19N3O2S. The fraction of sp³-hybridized carbons (Fsp3) is 0.136. The van der Waals surface area contributed by atoms with Crippen LogP contribution >= 0.6 is 11.3 Å². The van der Waals surface area contributed by atoms with E-state index in [4.69, 9.17) is 9.72 Å². The second kappa shape index (κ2) is 7.78. The lowest BCUT2D eigenvalue weighted by Crippen LogP contribution is -2.04. The van der Waals surface area contributed by atoms with Gasteiger partial charge < -0.3 is 4.74 Å². The van der Waals surface area contributed by atoms with Gasteiger partial charge in [0.25, 0.3) is 0 Å². The Balaban J connectivity index is 1.60. The van der Waals surface area contributed by atoms with E-state index >= 15 is 0 Å². The standard InChI is InChI=1S/C22H19N3O2S/c1-3-27-22(26)19-13-18(24-25-19)20-14(2)23-21(28-20)17-11-9-16(10-12-17)15-7-5-4-6-8-15/h4-13H,3H2,1-2H3,(H,24,25). The highest BCUT2D eigenvalue weighted by Crippen LogP contribution is 2.35. The summed E-state index contributed by atoms with van der Waals surface area (Å²) in [4.78, 5) is 17.5. The number of carbonyl (C=O) groups excluding carboxylic acids is 1. The van der Waals surface area contributed by atoms with Crippen LogP contribution in [0.15, 0.2) is 60.7 Å². The van der Waals surface area contributed by atoms with Crippen molar-refractivity contribution in [1.29, 1.82) is 0 Å². The molecule has 2 aromatic heterocycles. The smallest absolute Gasteiger partial charge is 0.358 e. The summed E-state index contributed by atoms with van der Waals surface area (Å²) in [5.41, 5.74) is 5.36. The molecular weight excluding hydrogens is 370 g/mol. The molecule has 0 aliphatic carbocycles. The fourth-order valence-electron chi connectivity index (χ4n) is 2.95. The lowest BCUT2D eigenvalue weighted by atomic mass is 10.0. The summed E-state index contributed by atoms with van der Waals surface area (Å²) in [6.45, 7) is 4.05. The molecule has 28 heavy (non-hydrogen) atoms. The average Bonchev–Trinajstić information content (AvgIpc) is 3.36. The molecule has 0 aliphatic rings. The minimum atomic E-state index is -0.427. The minimum Gasteiger partial charge on any atom is -0.461 e. The minimum absolute atomic E-state index is 0.276. The van der Waals surface area contributed by atoms with E-state index in [9.17, 15) is 4.79 Å². The second-order valence-corrected chi connectivity index (χ2v) is 7.26. The van der Waals surface area contributed by atoms with E-state index in [1.807, 2.05) is 25.1 Å². The normalized spacial score (nSPS) is 10.8. The number of nitrogens with zero attached hydrogens (tertiary/aromatic N) is 2. The molecule has 0 radical (unpaired) electrons. The van der Waals surface area contributed by atoms with Crippen molar-refractivity contribution in [2.24, 2.45) is 0 Å². The number of benzene rings is 2. The molecule has 0 saturated heterocycles. The molecule has 5 nitrogen and oxygen atoms in total. The van der Waals surface area contributed by atoms with Gasteiger partial charge in [0.15, 0.2) is 5.69 Å². The number of H-pyrrole nitrogens is 1. The van der Waals surface area contributed by atoms with Crippen molar-refractivity contribution in [3.05, 3.63) is 72.1 Å². The highest BCUT2D eigenvalue weighted by atomic mass is 32.1. The molecule has 4 rings (SSSR count). The SMILES string of the molecule is CCOC(=O)c1cc(-c2sc(-c3ccc(-c4ccccc4)cc3)nc2C)[nH]n1. The Hall–Kier alpha value is -3.25. The molecule has 0 aliphatic heterocycles. The highest BCUT2D eigenvalue weighted by Gasteiger charge is 2.17. The van der Waals surface area contributed by atoms with E-state index in [0.717, 1.165) is 26.8 Å². The molecule has 0 unspecified atom stereocenters. The molecule has 0 amide bonds. The van der Waals surface area contributed by atoms with Gasteiger partial charge >= 0.3 is 5.97 Å². The van der Waals surface area contributed by atoms with Crippen LogP contribution in [0.3, 0.4) is 0 Å². The number of hydrogen-bond acceptors (Lipinski definition) is 5. The number of carbonyl (C=O) groups is 1. The van der Waals surface area contributed by atoms with E-state index < -0.39 is 5.97 Å². The van der Waals surface area contributed by atoms with Crippen LogP contribution in [-0.2, 0) is 4.74 Å². The molecule has 6 heteroatoms. The number of thiazole rings is 1. The van der Waals surface area contributed by atoms with Gasteiger partial charge in [0.1, 0.15) is 5.01 Å². The average molecular weight is 389 g/mol. The maximum Gasteiger partial charge on any atom is 0.358 e. The third kappa shape index (κ3) is 3.59. The van der Waals surface area contributed by atoms with Crippen LogP contribution in [0.5, 0.6) is 0 Å². The summed E-state index contributed by atoms with van der Waals surface area (Å²) < 4.78 is 5.00. The molecule has 140 valence electrons. The van der Waals surface area contributed by atoms with E-state index in [-0.39, 0.29) is 5.69 Å². The number of aromatic nitrogens is 3. The van der Waals surface area contributed by atoms with Crippen molar-refractivity contribution < 1.29 is 9.53 Å². The van der Waals surface area contributed by atoms with E-state index in [1.165, 1.54) is 11.1 Å². The Morgan fingerprint density at radius 1 is 1.04 bits per heavy atom. The first-order valence-corrected chi connectivity index (χ1v) is 9.83. The van der Waals surface area contributed by atoms with Gasteiger partial charge in [-0.05, 0) is 31.0 Å². The summed E-state index contributed by atoms with van der Waals surface area (Å²) in [5.74, 6) is -0.427. The molecule has 0 spiro atoms. The number of aromatic amines is 1. The monoisotopic (exact) mass is 389 g/mol. The maximum absolute atomic E-state index is 11.8. The van der Waals surface area contributed by atoms with Gasteiger partial charge in [-0.25, -0.2) is 9.78 Å². The molecule has 2 aromatic carbocycles. The van der Waals surface area contributed by atoms with Gasteiger partial charge in [-0.3, -0.25) is 5.10 Å². The molecule has 4 aromatic rings. The molecule has 0 saturated carbocycles. The van der Waals surface area contributed by atoms with Crippen LogP contribution in [0.25, 0.3) is 32.3 Å². The van der Waals surface area contributed by atoms with Crippen molar-refractivity contribution in [3.8, 4) is 32.3 Å². The number of rotatable bonds is 5. The van der Waals surface area contributed by atoms with Gasteiger partial charge in [-0.1, -0.05) is 54.6 Å². The molecule has 0 fully saturated rings. The van der Waals surface area contributed by atoms with Gasteiger partial charge in [-0.15, -0.1) is 11.3 Å². The van der Waals surface area contributed by atoms with Crippen LogP contribution in [0.2, 0.25) is 0 Å². The third-order valence-electron chi connectivity index (χ3n) is 4.34. The van der Waals surface area contributed by atoms with E-state index in [2.05, 4.69) is 46.6 Å². The van der Waals surface area contributed by atoms with Gasteiger partial charge in [0.2, 0.25) is 0 Å². The summed E-state index contributed by atoms with van der Waals surface area (Å²) in [5, 5.41) is 7.91. The Labute approximate surface area is 167 Å². The van der Waals surface area contributed by atoms with Crippen molar-refractivity contribution in [2.75, 3.05) is 6.61 Å². The van der Waals surface area contributed by atoms with Gasteiger partial charge in [-0.2, -0.15) is 5.10 Å². The van der Waals surface area contributed by atoms with Crippen LogP contribution in [0, 0.1) is 6.92 Å². The number of esters is 1. The summed E-state index contributed by atoms with van der Waals surface area (Å²) in [6.07, 6.45) is 0. The number of hydrogen-bond donors (Lipinski definition) is 1. The maximum atomic E-state index is 11.8. The predicted octanol–water partition coefficient (Wildman–Crippen LogP) is 5.35. The number of aryl methyl sites for hydroxylation is 1. The van der Waals surface area contributed by atoms with Crippen LogP contribution < -0.4 is 0 Å². The molecule has 2 heterocycles. The summed E-state index contributed by atoms with van der Waals surface area (Å²) in [7, 11) is 0. The Kier molecular flexibility index (Phi) is 5.04. The lowest BCUT2D eigenvalue weighted by molar-refractivity contribution is 0.0519. The number of ether oxygens (including phenoxy) is 1. The Morgan fingerprint density at radius 3 is 2.43 bits per heavy atom. The van der Waals surface area contributed by atoms with Crippen molar-refractivity contribution in [1.82, 2.24) is 15.2 Å². The zero-order chi connectivity index (χ0) is 19.5. The third-order valence-corrected chi connectivity index (χ3v) is 5.58. The van der Waals surface area contributed by atoms with Crippen LogP contribution in [-0.4, -0.2) is 27.8 Å². The van der Waals surface area contributed by atoms with Crippen LogP contribution in [0.1, 0.15) is 23.1 Å². The zero-order valence-electron chi connectivity index (χ0n) is 15.6. The van der Waals surface area contributed by atoms with Crippen molar-refractivity contribution >= 4 is 17.3 Å². The van der Waals surface area contributed by atoms with Gasteiger partial charge in [0.05, 0.1) is 22.9 Å². The topological polar surface area (TPSA) is 67.9 Å². The van der Waals surface area contributed by atoms with Crippen LogP contribution in [0.4, 0.5) is 0 Å². The Morgan fingerprint density at radius 2 is 1.71 bits per heavy atom. The quantitative estimate of drug-likeness (QED) is 0.467. The van der Waals surface area contributed by atoms with E-state index in [0.29, 0.717) is 6.61 Å². The first kappa shape index (κ1) is 18.1. The summed E-state index contributed by atoms with van der Waals surface area (Å²) >= 11 is 1.57. The lowest BCUT2D eigenvalue weighted by Gasteiger charge is -2.02. The number of nitrogens with one attached hydrogen (secondary N) is 1.